The standard InChI is InChI=1S/C15H13IN4O/c1-20-13-5-3-2-4-12(13)18-14(20)19-15(21)17-11-8-6-10(16)7-9-11/h2-9H,1H3,(H2,17,18,19,21). The maximum Gasteiger partial charge on any atom is 0.326 e. The molecule has 5 nitrogen and oxygen atoms in total. The molecule has 3 rings (SSSR count). The summed E-state index contributed by atoms with van der Waals surface area (Å²) in [6.07, 6.45) is 0. The van der Waals surface area contributed by atoms with Crippen molar-refractivity contribution in [3.63, 3.8) is 0 Å². The van der Waals surface area contributed by atoms with Crippen LogP contribution in [-0.4, -0.2) is 15.6 Å². The third-order valence-corrected chi connectivity index (χ3v) is 3.83. The zero-order chi connectivity index (χ0) is 14.8. The molecule has 2 amide bonds. The molecule has 0 aliphatic rings. The number of aryl methyl sites for hydroxylation is 1. The Balaban J connectivity index is 1.77. The van der Waals surface area contributed by atoms with E-state index in [1.165, 1.54) is 0 Å². The van der Waals surface area contributed by atoms with Crippen molar-refractivity contribution in [2.24, 2.45) is 7.05 Å². The van der Waals surface area contributed by atoms with Gasteiger partial charge in [-0.1, -0.05) is 12.1 Å². The van der Waals surface area contributed by atoms with Crippen molar-refractivity contribution in [1.82, 2.24) is 9.55 Å². The van der Waals surface area contributed by atoms with Crippen molar-refractivity contribution in [2.75, 3.05) is 10.6 Å². The normalized spacial score (nSPS) is 10.6. The van der Waals surface area contributed by atoms with Crippen LogP contribution in [-0.2, 0) is 7.05 Å². The fourth-order valence-corrected chi connectivity index (χ4v) is 2.41. The minimum absolute atomic E-state index is 0.311. The van der Waals surface area contributed by atoms with E-state index < -0.39 is 0 Å². The van der Waals surface area contributed by atoms with E-state index in [1.54, 1.807) is 0 Å². The van der Waals surface area contributed by atoms with Crippen LogP contribution in [0.2, 0.25) is 0 Å². The maximum absolute atomic E-state index is 12.0. The number of carbonyl (C=O) groups is 1. The number of aromatic nitrogens is 2. The lowest BCUT2D eigenvalue weighted by Crippen LogP contribution is -2.21. The molecule has 0 aliphatic carbocycles. The van der Waals surface area contributed by atoms with E-state index in [9.17, 15) is 4.79 Å². The van der Waals surface area contributed by atoms with Crippen LogP contribution in [0.25, 0.3) is 11.0 Å². The summed E-state index contributed by atoms with van der Waals surface area (Å²) >= 11 is 2.22. The molecule has 1 aromatic heterocycles. The topological polar surface area (TPSA) is 59.0 Å². The number of fused-ring (bicyclic) bond motifs is 1. The second-order valence-electron chi connectivity index (χ2n) is 4.57. The molecule has 2 N–H and O–H groups in total. The van der Waals surface area contributed by atoms with E-state index in [4.69, 9.17) is 0 Å². The van der Waals surface area contributed by atoms with Gasteiger partial charge in [-0.05, 0) is 59.0 Å². The zero-order valence-corrected chi connectivity index (χ0v) is 13.5. The molecular weight excluding hydrogens is 379 g/mol. The van der Waals surface area contributed by atoms with Crippen molar-refractivity contribution in [1.29, 1.82) is 0 Å². The zero-order valence-electron chi connectivity index (χ0n) is 11.3. The summed E-state index contributed by atoms with van der Waals surface area (Å²) < 4.78 is 2.97. The predicted octanol–water partition coefficient (Wildman–Crippen LogP) is 3.82. The first-order valence-corrected chi connectivity index (χ1v) is 7.46. The van der Waals surface area contributed by atoms with E-state index in [0.29, 0.717) is 5.95 Å². The van der Waals surface area contributed by atoms with Crippen molar-refractivity contribution in [3.05, 3.63) is 52.1 Å². The van der Waals surface area contributed by atoms with Crippen LogP contribution in [0.4, 0.5) is 16.4 Å². The molecule has 21 heavy (non-hydrogen) atoms. The van der Waals surface area contributed by atoms with Gasteiger partial charge in [0.05, 0.1) is 11.0 Å². The van der Waals surface area contributed by atoms with Gasteiger partial charge in [0, 0.05) is 16.3 Å². The van der Waals surface area contributed by atoms with Crippen molar-refractivity contribution < 1.29 is 4.79 Å². The van der Waals surface area contributed by atoms with Gasteiger partial charge in [0.2, 0.25) is 5.95 Å². The van der Waals surface area contributed by atoms with Crippen LogP contribution < -0.4 is 10.6 Å². The number of carbonyl (C=O) groups excluding carboxylic acids is 1. The van der Waals surface area contributed by atoms with Gasteiger partial charge in [-0.15, -0.1) is 0 Å². The molecule has 0 atom stereocenters. The number of rotatable bonds is 2. The number of hydrogen-bond acceptors (Lipinski definition) is 2. The van der Waals surface area contributed by atoms with Gasteiger partial charge in [0.1, 0.15) is 0 Å². The Kier molecular flexibility index (Phi) is 3.78. The fraction of sp³-hybridized carbons (Fsp3) is 0.0667. The molecular formula is C15H13IN4O. The quantitative estimate of drug-likeness (QED) is 0.652. The highest BCUT2D eigenvalue weighted by molar-refractivity contribution is 14.1. The van der Waals surface area contributed by atoms with Gasteiger partial charge in [0.15, 0.2) is 0 Å². The predicted molar refractivity (Wildman–Crippen MR) is 92.5 cm³/mol. The molecule has 0 unspecified atom stereocenters. The molecule has 0 spiro atoms. The van der Waals surface area contributed by atoms with Gasteiger partial charge in [-0.3, -0.25) is 5.32 Å². The van der Waals surface area contributed by atoms with Crippen molar-refractivity contribution >= 4 is 51.3 Å². The summed E-state index contributed by atoms with van der Waals surface area (Å²) in [4.78, 5) is 16.4. The second kappa shape index (κ2) is 5.72. The van der Waals surface area contributed by atoms with Crippen LogP contribution in [0, 0.1) is 3.57 Å². The second-order valence-corrected chi connectivity index (χ2v) is 5.81. The van der Waals surface area contributed by atoms with E-state index in [1.807, 2.05) is 60.1 Å². The molecule has 0 radical (unpaired) electrons. The largest absolute Gasteiger partial charge is 0.326 e. The third kappa shape index (κ3) is 2.99. The van der Waals surface area contributed by atoms with Crippen LogP contribution >= 0.6 is 22.6 Å². The molecule has 1 heterocycles. The number of hydrogen-bond donors (Lipinski definition) is 2. The number of benzene rings is 2. The first-order chi connectivity index (χ1) is 10.1. The number of imidazole rings is 1. The first-order valence-electron chi connectivity index (χ1n) is 6.38. The summed E-state index contributed by atoms with van der Waals surface area (Å²) in [6, 6.07) is 15.0. The number of nitrogens with zero attached hydrogens (tertiary/aromatic N) is 2. The van der Waals surface area contributed by atoms with E-state index in [0.717, 1.165) is 20.3 Å². The minimum atomic E-state index is -0.311. The molecule has 2 aromatic carbocycles. The SMILES string of the molecule is Cn1c(NC(=O)Nc2ccc(I)cc2)nc2ccccc21. The van der Waals surface area contributed by atoms with Gasteiger partial charge in [-0.2, -0.15) is 0 Å². The monoisotopic (exact) mass is 392 g/mol. The summed E-state index contributed by atoms with van der Waals surface area (Å²) in [5, 5.41) is 5.55. The Morgan fingerprint density at radius 1 is 1.10 bits per heavy atom. The van der Waals surface area contributed by atoms with Gasteiger partial charge < -0.3 is 9.88 Å². The van der Waals surface area contributed by atoms with Gasteiger partial charge in [-0.25, -0.2) is 9.78 Å². The lowest BCUT2D eigenvalue weighted by atomic mass is 10.3. The fourth-order valence-electron chi connectivity index (χ4n) is 2.05. The number of nitrogens with one attached hydrogen (secondary N) is 2. The Labute approximate surface area is 135 Å². The molecule has 0 saturated carbocycles. The van der Waals surface area contributed by atoms with Gasteiger partial charge >= 0.3 is 6.03 Å². The first kappa shape index (κ1) is 13.9. The number of urea groups is 1. The summed E-state index contributed by atoms with van der Waals surface area (Å²) in [5.41, 5.74) is 2.57. The van der Waals surface area contributed by atoms with Crippen LogP contribution in [0.3, 0.4) is 0 Å². The number of amides is 2. The Morgan fingerprint density at radius 3 is 2.52 bits per heavy atom. The highest BCUT2D eigenvalue weighted by Gasteiger charge is 2.10. The van der Waals surface area contributed by atoms with Crippen molar-refractivity contribution in [3.8, 4) is 0 Å². The molecule has 0 bridgehead atoms. The molecule has 0 fully saturated rings. The Bertz CT molecular complexity index is 795. The van der Waals surface area contributed by atoms with Gasteiger partial charge in [0.25, 0.3) is 0 Å². The lowest BCUT2D eigenvalue weighted by molar-refractivity contribution is 0.262. The number of halogens is 1. The Morgan fingerprint density at radius 2 is 1.81 bits per heavy atom. The maximum atomic E-state index is 12.0. The minimum Gasteiger partial charge on any atom is -0.313 e. The summed E-state index contributed by atoms with van der Waals surface area (Å²) in [5.74, 6) is 0.513. The summed E-state index contributed by atoms with van der Waals surface area (Å²) in [7, 11) is 1.87. The number of anilines is 2. The van der Waals surface area contributed by atoms with E-state index in [2.05, 4.69) is 38.2 Å². The highest BCUT2D eigenvalue weighted by Crippen LogP contribution is 2.18. The highest BCUT2D eigenvalue weighted by atomic mass is 127. The molecule has 106 valence electrons. The van der Waals surface area contributed by atoms with Crippen molar-refractivity contribution in [2.45, 2.75) is 0 Å². The lowest BCUT2D eigenvalue weighted by Gasteiger charge is -2.07. The Hall–Kier alpha value is -2.09. The van der Waals surface area contributed by atoms with Crippen LogP contribution in [0.15, 0.2) is 48.5 Å². The van der Waals surface area contributed by atoms with E-state index in [-0.39, 0.29) is 6.03 Å². The molecule has 6 heteroatoms. The third-order valence-electron chi connectivity index (χ3n) is 3.11. The van der Waals surface area contributed by atoms with Crippen LogP contribution in [0.5, 0.6) is 0 Å². The summed E-state index contributed by atoms with van der Waals surface area (Å²) in [6.45, 7) is 0. The smallest absolute Gasteiger partial charge is 0.313 e. The molecule has 0 aliphatic heterocycles. The average Bonchev–Trinajstić information content (AvgIpc) is 2.78. The van der Waals surface area contributed by atoms with Crippen LogP contribution in [0.1, 0.15) is 0 Å². The average molecular weight is 392 g/mol. The molecule has 3 aromatic rings. The number of para-hydroxylation sites is 2. The molecule has 0 saturated heterocycles. The van der Waals surface area contributed by atoms with E-state index >= 15 is 0 Å².